The Morgan fingerprint density at radius 1 is 1.19 bits per heavy atom. The monoisotopic (exact) mass is 228 g/mol. The zero-order chi connectivity index (χ0) is 11.6. The van der Waals surface area contributed by atoms with Crippen LogP contribution in [0.3, 0.4) is 0 Å². The molecule has 1 saturated carbocycles. The van der Waals surface area contributed by atoms with E-state index < -0.39 is 0 Å². The van der Waals surface area contributed by atoms with E-state index in [-0.39, 0.29) is 0 Å². The van der Waals surface area contributed by atoms with Crippen molar-refractivity contribution >= 4 is 0 Å². The van der Waals surface area contributed by atoms with Crippen molar-refractivity contribution in [3.05, 3.63) is 0 Å². The average molecular weight is 228 g/mol. The number of hydrazine groups is 1. The molecule has 0 amide bonds. The van der Waals surface area contributed by atoms with Crippen molar-refractivity contribution in [1.29, 1.82) is 0 Å². The van der Waals surface area contributed by atoms with Gasteiger partial charge in [0.1, 0.15) is 0 Å². The first kappa shape index (κ1) is 13.9. The lowest BCUT2D eigenvalue weighted by atomic mass is 9.90. The maximum Gasteiger partial charge on any atom is 0.0481 e. The quantitative estimate of drug-likeness (QED) is 0.305. The van der Waals surface area contributed by atoms with Gasteiger partial charge in [-0.25, -0.2) is 0 Å². The number of rotatable bonds is 7. The van der Waals surface area contributed by atoms with Crippen molar-refractivity contribution in [2.45, 2.75) is 64.3 Å². The van der Waals surface area contributed by atoms with Crippen LogP contribution >= 0.6 is 0 Å². The summed E-state index contributed by atoms with van der Waals surface area (Å²) in [4.78, 5) is 0. The van der Waals surface area contributed by atoms with E-state index in [2.05, 4.69) is 12.3 Å². The predicted molar refractivity (Wildman–Crippen MR) is 68.0 cm³/mol. The van der Waals surface area contributed by atoms with Crippen molar-refractivity contribution < 1.29 is 4.74 Å². The summed E-state index contributed by atoms with van der Waals surface area (Å²) in [5.74, 6) is 6.43. The first-order valence-corrected chi connectivity index (χ1v) is 6.92. The van der Waals surface area contributed by atoms with Crippen molar-refractivity contribution in [2.75, 3.05) is 13.2 Å². The Morgan fingerprint density at radius 2 is 1.88 bits per heavy atom. The van der Waals surface area contributed by atoms with Gasteiger partial charge in [-0.15, -0.1) is 0 Å². The second-order valence-electron chi connectivity index (χ2n) is 4.93. The minimum Gasteiger partial charge on any atom is -0.381 e. The fourth-order valence-corrected chi connectivity index (χ4v) is 2.63. The molecule has 3 N–H and O–H groups in total. The molecule has 1 aliphatic carbocycles. The van der Waals surface area contributed by atoms with Crippen LogP contribution in [-0.2, 0) is 4.74 Å². The van der Waals surface area contributed by atoms with Gasteiger partial charge in [0.2, 0.25) is 0 Å². The molecule has 0 aromatic carbocycles. The fraction of sp³-hybridized carbons (Fsp3) is 1.00. The lowest BCUT2D eigenvalue weighted by molar-refractivity contribution is 0.115. The van der Waals surface area contributed by atoms with Crippen LogP contribution in [0.1, 0.15) is 58.3 Å². The molecule has 1 rings (SSSR count). The van der Waals surface area contributed by atoms with Gasteiger partial charge in [0, 0.05) is 19.3 Å². The van der Waals surface area contributed by atoms with Crippen LogP contribution in [-0.4, -0.2) is 19.3 Å². The fourth-order valence-electron chi connectivity index (χ4n) is 2.63. The van der Waals surface area contributed by atoms with E-state index in [4.69, 9.17) is 10.6 Å². The summed E-state index contributed by atoms with van der Waals surface area (Å²) < 4.78 is 5.54. The summed E-state index contributed by atoms with van der Waals surface area (Å²) in [5, 5.41) is 0. The molecule has 0 spiro atoms. The van der Waals surface area contributed by atoms with Crippen LogP contribution in [0, 0.1) is 5.92 Å². The van der Waals surface area contributed by atoms with Gasteiger partial charge < -0.3 is 4.74 Å². The summed E-state index contributed by atoms with van der Waals surface area (Å²) >= 11 is 0. The summed E-state index contributed by atoms with van der Waals surface area (Å²) in [7, 11) is 0. The summed E-state index contributed by atoms with van der Waals surface area (Å²) in [6.07, 6.45) is 10.4. The molecule has 16 heavy (non-hydrogen) atoms. The van der Waals surface area contributed by atoms with Gasteiger partial charge in [-0.1, -0.05) is 32.6 Å². The van der Waals surface area contributed by atoms with Gasteiger partial charge in [0.15, 0.2) is 0 Å². The van der Waals surface area contributed by atoms with E-state index in [1.807, 2.05) is 0 Å². The maximum absolute atomic E-state index is 5.66. The highest BCUT2D eigenvalue weighted by Crippen LogP contribution is 2.26. The van der Waals surface area contributed by atoms with E-state index in [1.54, 1.807) is 0 Å². The van der Waals surface area contributed by atoms with Crippen LogP contribution in [0.2, 0.25) is 0 Å². The molecule has 0 aliphatic heterocycles. The minimum absolute atomic E-state index is 0.454. The molecule has 1 atom stereocenters. The molecule has 0 heterocycles. The predicted octanol–water partition coefficient (Wildman–Crippen LogP) is 2.61. The topological polar surface area (TPSA) is 47.3 Å². The Bertz CT molecular complexity index is 156. The third-order valence-electron chi connectivity index (χ3n) is 3.60. The average Bonchev–Trinajstić information content (AvgIpc) is 2.58. The van der Waals surface area contributed by atoms with Gasteiger partial charge in [-0.3, -0.25) is 11.3 Å². The SMILES string of the molecule is CCCOCCC(NN)C1CCCCCC1. The van der Waals surface area contributed by atoms with Crippen LogP contribution in [0.25, 0.3) is 0 Å². The molecular formula is C13H28N2O. The van der Waals surface area contributed by atoms with E-state index >= 15 is 0 Å². The normalized spacial score (nSPS) is 20.6. The van der Waals surface area contributed by atoms with Gasteiger partial charge in [-0.2, -0.15) is 0 Å². The second-order valence-corrected chi connectivity index (χ2v) is 4.93. The maximum atomic E-state index is 5.66. The Hall–Kier alpha value is -0.120. The lowest BCUT2D eigenvalue weighted by Gasteiger charge is -2.25. The van der Waals surface area contributed by atoms with Gasteiger partial charge >= 0.3 is 0 Å². The lowest BCUT2D eigenvalue weighted by Crippen LogP contribution is -2.41. The largest absolute Gasteiger partial charge is 0.381 e. The molecule has 0 aromatic rings. The Morgan fingerprint density at radius 3 is 2.44 bits per heavy atom. The Kier molecular flexibility index (Phi) is 7.81. The standard InChI is InChI=1S/C13H28N2O/c1-2-10-16-11-9-13(15-14)12-7-5-3-4-6-8-12/h12-13,15H,2-11,14H2,1H3. The van der Waals surface area contributed by atoms with Crippen LogP contribution in [0.15, 0.2) is 0 Å². The third kappa shape index (κ3) is 5.28. The summed E-state index contributed by atoms with van der Waals surface area (Å²) in [5.41, 5.74) is 3.00. The van der Waals surface area contributed by atoms with Gasteiger partial charge in [0.05, 0.1) is 0 Å². The molecule has 1 unspecified atom stereocenters. The number of nitrogens with one attached hydrogen (secondary N) is 1. The molecule has 0 aromatic heterocycles. The number of nitrogens with two attached hydrogens (primary N) is 1. The third-order valence-corrected chi connectivity index (χ3v) is 3.60. The molecule has 96 valence electrons. The van der Waals surface area contributed by atoms with Crippen molar-refractivity contribution in [3.8, 4) is 0 Å². The second kappa shape index (κ2) is 8.97. The highest BCUT2D eigenvalue weighted by atomic mass is 16.5. The number of ether oxygens (including phenoxy) is 1. The van der Waals surface area contributed by atoms with Crippen LogP contribution in [0.5, 0.6) is 0 Å². The minimum atomic E-state index is 0.454. The first-order valence-electron chi connectivity index (χ1n) is 6.92. The van der Waals surface area contributed by atoms with Gasteiger partial charge in [-0.05, 0) is 31.6 Å². The Labute approximate surface area is 100 Å². The molecule has 0 bridgehead atoms. The number of hydrogen-bond acceptors (Lipinski definition) is 3. The molecular weight excluding hydrogens is 200 g/mol. The van der Waals surface area contributed by atoms with E-state index in [0.717, 1.165) is 32.0 Å². The van der Waals surface area contributed by atoms with E-state index in [0.29, 0.717) is 6.04 Å². The molecule has 0 saturated heterocycles. The first-order chi connectivity index (χ1) is 7.88. The van der Waals surface area contributed by atoms with Crippen LogP contribution in [0.4, 0.5) is 0 Å². The number of hydrogen-bond donors (Lipinski definition) is 2. The smallest absolute Gasteiger partial charge is 0.0481 e. The zero-order valence-corrected chi connectivity index (χ0v) is 10.7. The molecule has 3 nitrogen and oxygen atoms in total. The van der Waals surface area contributed by atoms with Crippen molar-refractivity contribution in [2.24, 2.45) is 11.8 Å². The van der Waals surface area contributed by atoms with Crippen LogP contribution < -0.4 is 11.3 Å². The van der Waals surface area contributed by atoms with Crippen molar-refractivity contribution in [1.82, 2.24) is 5.43 Å². The molecule has 3 heteroatoms. The molecule has 0 radical (unpaired) electrons. The van der Waals surface area contributed by atoms with E-state index in [9.17, 15) is 0 Å². The molecule has 1 fully saturated rings. The highest BCUT2D eigenvalue weighted by Gasteiger charge is 2.21. The Balaban J connectivity index is 2.22. The highest BCUT2D eigenvalue weighted by molar-refractivity contribution is 4.76. The summed E-state index contributed by atoms with van der Waals surface area (Å²) in [6, 6.07) is 0.454. The van der Waals surface area contributed by atoms with Gasteiger partial charge in [0.25, 0.3) is 0 Å². The zero-order valence-electron chi connectivity index (χ0n) is 10.7. The van der Waals surface area contributed by atoms with E-state index in [1.165, 1.54) is 38.5 Å². The van der Waals surface area contributed by atoms with Crippen molar-refractivity contribution in [3.63, 3.8) is 0 Å². The summed E-state index contributed by atoms with van der Waals surface area (Å²) in [6.45, 7) is 3.87. The molecule has 1 aliphatic rings.